The Bertz CT molecular complexity index is 1630. The maximum atomic E-state index is 13.0. The molecule has 0 spiro atoms. The topological polar surface area (TPSA) is 153 Å². The zero-order valence-corrected chi connectivity index (χ0v) is 22.8. The average molecular weight is 550 g/mol. The van der Waals surface area contributed by atoms with Crippen molar-refractivity contribution in [2.75, 3.05) is 28.6 Å². The van der Waals surface area contributed by atoms with E-state index in [1.54, 1.807) is 38.1 Å². The lowest BCUT2D eigenvalue weighted by molar-refractivity contribution is 0.101. The van der Waals surface area contributed by atoms with E-state index in [4.69, 9.17) is 0 Å². The maximum absolute atomic E-state index is 13.0. The molecule has 1 fully saturated rings. The van der Waals surface area contributed by atoms with E-state index in [9.17, 15) is 18.3 Å². The van der Waals surface area contributed by atoms with Gasteiger partial charge in [-0.15, -0.1) is 0 Å². The number of hydrogen-bond donors (Lipinski definition) is 4. The summed E-state index contributed by atoms with van der Waals surface area (Å²) in [4.78, 5) is 31.3. The van der Waals surface area contributed by atoms with Gasteiger partial charge in [-0.1, -0.05) is 12.1 Å². The van der Waals surface area contributed by atoms with Gasteiger partial charge in [-0.25, -0.2) is 13.4 Å². The van der Waals surface area contributed by atoms with Crippen molar-refractivity contribution in [1.29, 1.82) is 0 Å². The van der Waals surface area contributed by atoms with Gasteiger partial charge >= 0.3 is 0 Å². The predicted octanol–water partition coefficient (Wildman–Crippen LogP) is 4.19. The quantitative estimate of drug-likeness (QED) is 0.235. The van der Waals surface area contributed by atoms with Crippen LogP contribution in [-0.4, -0.2) is 63.7 Å². The minimum Gasteiger partial charge on any atom is -0.393 e. The van der Waals surface area contributed by atoms with Crippen molar-refractivity contribution < 1.29 is 18.3 Å². The van der Waals surface area contributed by atoms with Crippen LogP contribution in [0.1, 0.15) is 44.0 Å². The number of piperidine rings is 1. The molecule has 4 N–H and O–H groups in total. The number of imidazole rings is 1. The fraction of sp³-hybridized carbons (Fsp3) is 0.333. The number of ketones is 1. The highest BCUT2D eigenvalue weighted by Crippen LogP contribution is 2.32. The van der Waals surface area contributed by atoms with Crippen LogP contribution in [0.2, 0.25) is 0 Å². The summed E-state index contributed by atoms with van der Waals surface area (Å²) in [5.41, 5.74) is 3.18. The number of H-pyrrole nitrogens is 1. The number of anilines is 5. The molecule has 0 bridgehead atoms. The Morgan fingerprint density at radius 2 is 1.82 bits per heavy atom. The van der Waals surface area contributed by atoms with Crippen molar-refractivity contribution in [1.82, 2.24) is 19.9 Å². The van der Waals surface area contributed by atoms with Gasteiger partial charge in [0.05, 0.1) is 34.0 Å². The zero-order valence-electron chi connectivity index (χ0n) is 22.0. The highest BCUT2D eigenvalue weighted by Gasteiger charge is 2.24. The van der Waals surface area contributed by atoms with E-state index in [1.807, 2.05) is 18.2 Å². The fourth-order valence-electron chi connectivity index (χ4n) is 4.55. The van der Waals surface area contributed by atoms with Crippen molar-refractivity contribution in [3.8, 4) is 0 Å². The van der Waals surface area contributed by atoms with Gasteiger partial charge in [0.2, 0.25) is 5.95 Å². The number of aromatic amines is 1. The van der Waals surface area contributed by atoms with Crippen LogP contribution < -0.4 is 15.5 Å². The molecular weight excluding hydrogens is 518 g/mol. The summed E-state index contributed by atoms with van der Waals surface area (Å²) in [6.45, 7) is 6.21. The minimum atomic E-state index is -3.56. The Labute approximate surface area is 226 Å². The molecule has 0 saturated carbocycles. The molecule has 12 heteroatoms. The molecule has 39 heavy (non-hydrogen) atoms. The van der Waals surface area contributed by atoms with E-state index >= 15 is 0 Å². The molecule has 204 valence electrons. The largest absolute Gasteiger partial charge is 0.393 e. The van der Waals surface area contributed by atoms with Gasteiger partial charge in [0, 0.05) is 24.3 Å². The monoisotopic (exact) mass is 549 g/mol. The van der Waals surface area contributed by atoms with Crippen LogP contribution in [0.4, 0.5) is 28.8 Å². The number of hydrogen-bond acceptors (Lipinski definition) is 10. The average Bonchev–Trinajstić information content (AvgIpc) is 3.38. The van der Waals surface area contributed by atoms with E-state index in [0.717, 1.165) is 5.69 Å². The molecule has 2 aromatic carbocycles. The lowest BCUT2D eigenvalue weighted by Gasteiger charge is -2.32. The van der Waals surface area contributed by atoms with E-state index < -0.39 is 15.1 Å². The highest BCUT2D eigenvalue weighted by molar-refractivity contribution is 7.92. The highest BCUT2D eigenvalue weighted by atomic mass is 32.2. The maximum Gasteiger partial charge on any atom is 0.231 e. The molecular formula is C27H31N7O4S. The van der Waals surface area contributed by atoms with E-state index in [0.29, 0.717) is 59.9 Å². The number of sulfone groups is 1. The summed E-state index contributed by atoms with van der Waals surface area (Å²) in [6, 6.07) is 12.2. The molecule has 1 saturated heterocycles. The van der Waals surface area contributed by atoms with Crippen molar-refractivity contribution in [3.05, 3.63) is 54.4 Å². The first-order valence-corrected chi connectivity index (χ1v) is 14.3. The first kappa shape index (κ1) is 26.6. The van der Waals surface area contributed by atoms with Gasteiger partial charge in [0.25, 0.3) is 0 Å². The number of benzene rings is 2. The summed E-state index contributed by atoms with van der Waals surface area (Å²) in [6.07, 6.45) is 2.56. The van der Waals surface area contributed by atoms with Crippen LogP contribution in [-0.2, 0) is 9.84 Å². The Kier molecular flexibility index (Phi) is 7.23. The third-order valence-electron chi connectivity index (χ3n) is 6.81. The van der Waals surface area contributed by atoms with Crippen LogP contribution in [0.3, 0.4) is 0 Å². The number of fused-ring (bicyclic) bond motifs is 1. The molecule has 4 aromatic rings. The number of Topliss-reactive ketones (excluding diaryl/α,β-unsaturated/α-hetero) is 1. The molecule has 1 aliphatic rings. The first-order chi connectivity index (χ1) is 18.6. The molecule has 0 unspecified atom stereocenters. The SMILES string of the molecule is CC(=O)c1cc(N2CCC(O)CC2)ccc1Nc1nc(Nc2ccccc2S(=O)(=O)C(C)C)c2[nH]cnc2n1. The number of nitrogens with zero attached hydrogens (tertiary/aromatic N) is 4. The number of para-hydroxylation sites is 1. The van der Waals surface area contributed by atoms with Gasteiger partial charge < -0.3 is 25.6 Å². The third-order valence-corrected chi connectivity index (χ3v) is 9.02. The zero-order chi connectivity index (χ0) is 27.7. The van der Waals surface area contributed by atoms with Crippen molar-refractivity contribution in [3.63, 3.8) is 0 Å². The molecule has 0 atom stereocenters. The first-order valence-electron chi connectivity index (χ1n) is 12.8. The van der Waals surface area contributed by atoms with Crippen molar-refractivity contribution in [2.24, 2.45) is 0 Å². The van der Waals surface area contributed by atoms with Gasteiger partial charge in [-0.2, -0.15) is 9.97 Å². The number of nitrogens with one attached hydrogen (secondary N) is 3. The molecule has 0 aliphatic carbocycles. The van der Waals surface area contributed by atoms with Crippen molar-refractivity contribution in [2.45, 2.75) is 49.9 Å². The number of rotatable bonds is 8. The van der Waals surface area contributed by atoms with Gasteiger partial charge in [0.15, 0.2) is 27.1 Å². The van der Waals surface area contributed by atoms with Crippen LogP contribution in [0.5, 0.6) is 0 Å². The minimum absolute atomic E-state index is 0.122. The van der Waals surface area contributed by atoms with Crippen molar-refractivity contribution >= 4 is 55.6 Å². The number of aromatic nitrogens is 4. The Morgan fingerprint density at radius 1 is 1.08 bits per heavy atom. The molecule has 5 rings (SSSR count). The Morgan fingerprint density at radius 3 is 2.54 bits per heavy atom. The number of carbonyl (C=O) groups is 1. The van der Waals surface area contributed by atoms with Gasteiger partial charge in [-0.05, 0) is 63.9 Å². The molecule has 1 aliphatic heterocycles. The molecule has 0 amide bonds. The number of aliphatic hydroxyl groups excluding tert-OH is 1. The third kappa shape index (κ3) is 5.43. The summed E-state index contributed by atoms with van der Waals surface area (Å²) in [5, 5.41) is 15.5. The van der Waals surface area contributed by atoms with Gasteiger partial charge in [0.1, 0.15) is 5.52 Å². The summed E-state index contributed by atoms with van der Waals surface area (Å²) < 4.78 is 25.9. The number of carbonyl (C=O) groups excluding carboxylic acids is 1. The predicted molar refractivity (Wildman–Crippen MR) is 151 cm³/mol. The lowest BCUT2D eigenvalue weighted by atomic mass is 10.0. The Hall–Kier alpha value is -4.03. The second-order valence-corrected chi connectivity index (χ2v) is 12.3. The second kappa shape index (κ2) is 10.6. The van der Waals surface area contributed by atoms with Crippen LogP contribution >= 0.6 is 0 Å². The second-order valence-electron chi connectivity index (χ2n) is 9.84. The summed E-state index contributed by atoms with van der Waals surface area (Å²) >= 11 is 0. The molecule has 3 heterocycles. The summed E-state index contributed by atoms with van der Waals surface area (Å²) in [7, 11) is -3.56. The summed E-state index contributed by atoms with van der Waals surface area (Å²) in [5.74, 6) is 0.403. The van der Waals surface area contributed by atoms with Crippen LogP contribution in [0, 0.1) is 0 Å². The Balaban J connectivity index is 1.49. The lowest BCUT2D eigenvalue weighted by Crippen LogP contribution is -2.35. The van der Waals surface area contributed by atoms with Gasteiger partial charge in [-0.3, -0.25) is 4.79 Å². The fourth-order valence-corrected chi connectivity index (χ4v) is 5.75. The van der Waals surface area contributed by atoms with E-state index in [1.165, 1.54) is 13.3 Å². The molecule has 2 aromatic heterocycles. The van der Waals surface area contributed by atoms with E-state index in [2.05, 4.69) is 35.5 Å². The molecule has 0 radical (unpaired) electrons. The van der Waals surface area contributed by atoms with Crippen LogP contribution in [0.15, 0.2) is 53.7 Å². The number of aliphatic hydroxyl groups is 1. The standard InChI is InChI=1S/C27H31N7O4S/c1-16(2)39(37,38)23-7-5-4-6-22(23)30-26-24-25(29-15-28-24)32-27(33-26)31-21-9-8-18(14-20(21)17(3)35)34-12-10-19(36)11-13-34/h4-9,14-16,19,36H,10-13H2,1-3H3,(H3,28,29,30,31,32,33). The normalized spacial score (nSPS) is 14.6. The van der Waals surface area contributed by atoms with E-state index in [-0.39, 0.29) is 22.7 Å². The smallest absolute Gasteiger partial charge is 0.231 e. The molecule has 11 nitrogen and oxygen atoms in total. The van der Waals surface area contributed by atoms with Crippen LogP contribution in [0.25, 0.3) is 11.2 Å².